The van der Waals surface area contributed by atoms with E-state index in [0.29, 0.717) is 18.3 Å². The third-order valence-corrected chi connectivity index (χ3v) is 3.30. The van der Waals surface area contributed by atoms with Crippen molar-refractivity contribution in [2.45, 2.75) is 26.0 Å². The van der Waals surface area contributed by atoms with Gasteiger partial charge in [0.2, 0.25) is 0 Å². The first-order chi connectivity index (χ1) is 10.2. The molecule has 4 heteroatoms. The number of hydrogen-bond acceptors (Lipinski definition) is 4. The van der Waals surface area contributed by atoms with Gasteiger partial charge in [0, 0.05) is 12.2 Å². The molecule has 0 amide bonds. The number of rotatable bonds is 6. The number of pyridine rings is 1. The molecule has 21 heavy (non-hydrogen) atoms. The highest BCUT2D eigenvalue weighted by atomic mass is 16.5. The molecule has 0 radical (unpaired) electrons. The minimum atomic E-state index is 0.410. The molecule has 1 N–H and O–H groups in total. The molecule has 0 aliphatic heterocycles. The predicted molar refractivity (Wildman–Crippen MR) is 82.0 cm³/mol. The SMILES string of the molecule is CNC(C)Cc1ccc(OCc2ccnc(C#N)c2)cc1. The lowest BCUT2D eigenvalue weighted by molar-refractivity contribution is 0.306. The molecule has 108 valence electrons. The van der Waals surface area contributed by atoms with Gasteiger partial charge in [0.15, 0.2) is 0 Å². The number of hydrogen-bond donors (Lipinski definition) is 1. The lowest BCUT2D eigenvalue weighted by Gasteiger charge is -2.11. The van der Waals surface area contributed by atoms with Gasteiger partial charge < -0.3 is 10.1 Å². The Morgan fingerprint density at radius 1 is 1.24 bits per heavy atom. The summed E-state index contributed by atoms with van der Waals surface area (Å²) in [5.41, 5.74) is 2.63. The summed E-state index contributed by atoms with van der Waals surface area (Å²) in [6.45, 7) is 2.59. The summed E-state index contributed by atoms with van der Waals surface area (Å²) in [7, 11) is 1.96. The topological polar surface area (TPSA) is 57.9 Å². The second kappa shape index (κ2) is 7.41. The molecule has 1 aromatic heterocycles. The monoisotopic (exact) mass is 281 g/mol. The Balaban J connectivity index is 1.93. The Labute approximate surface area is 125 Å². The quantitative estimate of drug-likeness (QED) is 0.884. The first kappa shape index (κ1) is 15.0. The van der Waals surface area contributed by atoms with Crippen molar-refractivity contribution in [3.05, 3.63) is 59.4 Å². The maximum absolute atomic E-state index is 8.81. The van der Waals surface area contributed by atoms with E-state index in [9.17, 15) is 0 Å². The van der Waals surface area contributed by atoms with E-state index >= 15 is 0 Å². The van der Waals surface area contributed by atoms with Crippen molar-refractivity contribution in [1.29, 1.82) is 5.26 Å². The minimum absolute atomic E-state index is 0.410. The van der Waals surface area contributed by atoms with E-state index in [4.69, 9.17) is 10.00 Å². The Kier molecular flexibility index (Phi) is 5.30. The molecular formula is C17H19N3O. The minimum Gasteiger partial charge on any atom is -0.489 e. The van der Waals surface area contributed by atoms with E-state index in [0.717, 1.165) is 17.7 Å². The second-order valence-electron chi connectivity index (χ2n) is 4.99. The van der Waals surface area contributed by atoms with Crippen LogP contribution in [0.5, 0.6) is 5.75 Å². The van der Waals surface area contributed by atoms with E-state index in [-0.39, 0.29) is 0 Å². The lowest BCUT2D eigenvalue weighted by atomic mass is 10.1. The molecule has 0 fully saturated rings. The standard InChI is InChI=1S/C17H19N3O/c1-13(19-2)9-14-3-5-17(6-4-14)21-12-15-7-8-20-16(10-15)11-18/h3-8,10,13,19H,9,12H2,1-2H3. The number of aromatic nitrogens is 1. The van der Waals surface area contributed by atoms with Crippen LogP contribution in [0.25, 0.3) is 0 Å². The zero-order valence-corrected chi connectivity index (χ0v) is 12.3. The van der Waals surface area contributed by atoms with Gasteiger partial charge >= 0.3 is 0 Å². The third kappa shape index (κ3) is 4.59. The predicted octanol–water partition coefficient (Wildman–Crippen LogP) is 2.68. The largest absolute Gasteiger partial charge is 0.489 e. The Morgan fingerprint density at radius 3 is 2.67 bits per heavy atom. The van der Waals surface area contributed by atoms with Crippen LogP contribution in [0.1, 0.15) is 23.7 Å². The summed E-state index contributed by atoms with van der Waals surface area (Å²) in [6, 6.07) is 14.2. The van der Waals surface area contributed by atoms with E-state index < -0.39 is 0 Å². The summed E-state index contributed by atoms with van der Waals surface area (Å²) < 4.78 is 5.73. The fourth-order valence-corrected chi connectivity index (χ4v) is 1.97. The fourth-order valence-electron chi connectivity index (χ4n) is 1.97. The summed E-state index contributed by atoms with van der Waals surface area (Å²) in [6.07, 6.45) is 2.62. The molecule has 0 bridgehead atoms. The zero-order valence-electron chi connectivity index (χ0n) is 12.3. The Morgan fingerprint density at radius 2 is 2.00 bits per heavy atom. The van der Waals surface area contributed by atoms with Crippen LogP contribution in [0, 0.1) is 11.3 Å². The van der Waals surface area contributed by atoms with Crippen LogP contribution in [0.3, 0.4) is 0 Å². The Hall–Kier alpha value is -2.38. The van der Waals surface area contributed by atoms with Gasteiger partial charge in [-0.1, -0.05) is 12.1 Å². The van der Waals surface area contributed by atoms with E-state index in [1.54, 1.807) is 12.3 Å². The highest BCUT2D eigenvalue weighted by molar-refractivity contribution is 5.29. The van der Waals surface area contributed by atoms with E-state index in [1.807, 2.05) is 31.3 Å². The zero-order chi connectivity index (χ0) is 15.1. The fraction of sp³-hybridized carbons (Fsp3) is 0.294. The van der Waals surface area contributed by atoms with Gasteiger partial charge in [-0.3, -0.25) is 0 Å². The summed E-state index contributed by atoms with van der Waals surface area (Å²) >= 11 is 0. The van der Waals surface area contributed by atoms with Gasteiger partial charge in [-0.25, -0.2) is 4.98 Å². The smallest absolute Gasteiger partial charge is 0.140 e. The average Bonchev–Trinajstić information content (AvgIpc) is 2.54. The summed E-state index contributed by atoms with van der Waals surface area (Å²) in [5.74, 6) is 0.825. The maximum Gasteiger partial charge on any atom is 0.140 e. The van der Waals surface area contributed by atoms with Crippen LogP contribution in [0.15, 0.2) is 42.6 Å². The van der Waals surface area contributed by atoms with E-state index in [1.165, 1.54) is 5.56 Å². The number of benzene rings is 1. The van der Waals surface area contributed by atoms with Crippen LogP contribution in [-0.4, -0.2) is 18.1 Å². The van der Waals surface area contributed by atoms with Crippen LogP contribution >= 0.6 is 0 Å². The van der Waals surface area contributed by atoms with Crippen LogP contribution < -0.4 is 10.1 Å². The normalized spacial score (nSPS) is 11.7. The van der Waals surface area contributed by atoms with Crippen LogP contribution in [0.4, 0.5) is 0 Å². The highest BCUT2D eigenvalue weighted by Gasteiger charge is 2.02. The second-order valence-corrected chi connectivity index (χ2v) is 4.99. The molecule has 0 spiro atoms. The molecule has 0 saturated carbocycles. The molecule has 1 atom stereocenters. The third-order valence-electron chi connectivity index (χ3n) is 3.30. The molecule has 2 rings (SSSR count). The summed E-state index contributed by atoms with van der Waals surface area (Å²) in [4.78, 5) is 3.94. The number of nitrogens with zero attached hydrogens (tertiary/aromatic N) is 2. The van der Waals surface area contributed by atoms with Gasteiger partial charge in [0.05, 0.1) is 0 Å². The van der Waals surface area contributed by atoms with Gasteiger partial charge in [-0.05, 0) is 55.8 Å². The van der Waals surface area contributed by atoms with Crippen molar-refractivity contribution >= 4 is 0 Å². The van der Waals surface area contributed by atoms with Gasteiger partial charge in [-0.2, -0.15) is 5.26 Å². The molecule has 1 unspecified atom stereocenters. The van der Waals surface area contributed by atoms with Crippen molar-refractivity contribution in [2.75, 3.05) is 7.05 Å². The first-order valence-electron chi connectivity index (χ1n) is 6.95. The average molecular weight is 281 g/mol. The van der Waals surface area contributed by atoms with Crippen molar-refractivity contribution < 1.29 is 4.74 Å². The molecule has 4 nitrogen and oxygen atoms in total. The van der Waals surface area contributed by atoms with E-state index in [2.05, 4.69) is 29.4 Å². The molecule has 0 saturated heterocycles. The number of nitriles is 1. The first-order valence-corrected chi connectivity index (χ1v) is 6.95. The van der Waals surface area contributed by atoms with Crippen LogP contribution in [-0.2, 0) is 13.0 Å². The van der Waals surface area contributed by atoms with Gasteiger partial charge in [0.1, 0.15) is 24.1 Å². The molecule has 0 aliphatic carbocycles. The van der Waals surface area contributed by atoms with Crippen molar-refractivity contribution in [1.82, 2.24) is 10.3 Å². The molecular weight excluding hydrogens is 262 g/mol. The maximum atomic E-state index is 8.81. The summed E-state index contributed by atoms with van der Waals surface area (Å²) in [5, 5.41) is 12.0. The molecule has 2 aromatic rings. The van der Waals surface area contributed by atoms with Crippen molar-refractivity contribution in [2.24, 2.45) is 0 Å². The van der Waals surface area contributed by atoms with Gasteiger partial charge in [-0.15, -0.1) is 0 Å². The van der Waals surface area contributed by atoms with Crippen molar-refractivity contribution in [3.8, 4) is 11.8 Å². The number of nitrogens with one attached hydrogen (secondary N) is 1. The Bertz CT molecular complexity index is 617. The molecule has 0 aliphatic rings. The molecule has 1 heterocycles. The lowest BCUT2D eigenvalue weighted by Crippen LogP contribution is -2.23. The van der Waals surface area contributed by atoms with Crippen LogP contribution in [0.2, 0.25) is 0 Å². The highest BCUT2D eigenvalue weighted by Crippen LogP contribution is 2.15. The number of likely N-dealkylation sites (N-methyl/N-ethyl adjacent to an activating group) is 1. The number of ether oxygens (including phenoxy) is 1. The van der Waals surface area contributed by atoms with Crippen molar-refractivity contribution in [3.63, 3.8) is 0 Å². The molecule has 1 aromatic carbocycles. The van der Waals surface area contributed by atoms with Gasteiger partial charge in [0.25, 0.3) is 0 Å².